The summed E-state index contributed by atoms with van der Waals surface area (Å²) in [5.74, 6) is 0.428. The summed E-state index contributed by atoms with van der Waals surface area (Å²) in [6, 6.07) is 4.99. The minimum Gasteiger partial charge on any atom is -0.371 e. The fraction of sp³-hybridized carbons (Fsp3) is 0.529. The molecule has 2 aliphatic heterocycles. The van der Waals surface area contributed by atoms with Crippen molar-refractivity contribution in [1.82, 2.24) is 14.9 Å². The van der Waals surface area contributed by atoms with Crippen LogP contribution >= 0.6 is 0 Å². The molecule has 4 rings (SSSR count). The van der Waals surface area contributed by atoms with Crippen molar-refractivity contribution in [2.24, 2.45) is 0 Å². The number of hydrogen-bond acceptors (Lipinski definition) is 5. The molecule has 1 aromatic carbocycles. The number of ether oxygens (including phenoxy) is 1. The van der Waals surface area contributed by atoms with Gasteiger partial charge in [-0.3, -0.25) is 0 Å². The fourth-order valence-corrected chi connectivity index (χ4v) is 3.65. The van der Waals surface area contributed by atoms with Gasteiger partial charge in [0.05, 0.1) is 23.1 Å². The molecule has 6 heteroatoms. The van der Waals surface area contributed by atoms with E-state index in [0.29, 0.717) is 23.3 Å². The molecule has 122 valence electrons. The van der Waals surface area contributed by atoms with Crippen LogP contribution in [0.4, 0.5) is 10.2 Å². The fourth-order valence-electron chi connectivity index (χ4n) is 3.65. The van der Waals surface area contributed by atoms with Gasteiger partial charge in [-0.2, -0.15) is 0 Å². The van der Waals surface area contributed by atoms with Gasteiger partial charge in [0.1, 0.15) is 18.0 Å². The van der Waals surface area contributed by atoms with Crippen LogP contribution in [0.1, 0.15) is 12.8 Å². The number of nitrogens with zero attached hydrogens (tertiary/aromatic N) is 4. The second kappa shape index (κ2) is 5.69. The van der Waals surface area contributed by atoms with E-state index in [1.807, 2.05) is 6.07 Å². The molecule has 0 saturated carbocycles. The molecule has 1 spiro atoms. The smallest absolute Gasteiger partial charge is 0.143 e. The highest BCUT2D eigenvalue weighted by Crippen LogP contribution is 2.33. The van der Waals surface area contributed by atoms with Crippen LogP contribution in [0.15, 0.2) is 24.5 Å². The third kappa shape index (κ3) is 2.66. The van der Waals surface area contributed by atoms with E-state index in [-0.39, 0.29) is 11.4 Å². The summed E-state index contributed by atoms with van der Waals surface area (Å²) in [5.41, 5.74) is 0.520. The summed E-state index contributed by atoms with van der Waals surface area (Å²) in [6.07, 6.45) is 3.53. The second-order valence-corrected chi connectivity index (χ2v) is 6.59. The van der Waals surface area contributed by atoms with E-state index in [1.165, 1.54) is 12.4 Å². The molecule has 0 N–H and O–H groups in total. The van der Waals surface area contributed by atoms with Crippen molar-refractivity contribution in [3.63, 3.8) is 0 Å². The predicted molar refractivity (Wildman–Crippen MR) is 87.1 cm³/mol. The molecule has 2 aromatic rings. The zero-order valence-electron chi connectivity index (χ0n) is 13.3. The Balaban J connectivity index is 1.68. The number of aromatic nitrogens is 2. The maximum atomic E-state index is 14.3. The van der Waals surface area contributed by atoms with Gasteiger partial charge in [-0.05, 0) is 32.0 Å². The first-order valence-electron chi connectivity index (χ1n) is 8.14. The molecule has 0 aliphatic carbocycles. The molecule has 23 heavy (non-hydrogen) atoms. The van der Waals surface area contributed by atoms with Crippen molar-refractivity contribution in [2.45, 2.75) is 18.4 Å². The van der Waals surface area contributed by atoms with Crippen LogP contribution in [-0.4, -0.2) is 60.3 Å². The van der Waals surface area contributed by atoms with Crippen molar-refractivity contribution < 1.29 is 9.13 Å². The molecule has 2 aliphatic rings. The topological polar surface area (TPSA) is 41.5 Å². The average Bonchev–Trinajstić information content (AvgIpc) is 2.58. The second-order valence-electron chi connectivity index (χ2n) is 6.59. The number of hydrogen-bond donors (Lipinski definition) is 0. The van der Waals surface area contributed by atoms with E-state index in [9.17, 15) is 4.39 Å². The Hall–Kier alpha value is -1.79. The van der Waals surface area contributed by atoms with Crippen molar-refractivity contribution in [3.05, 3.63) is 30.3 Å². The van der Waals surface area contributed by atoms with Crippen LogP contribution in [0.25, 0.3) is 10.9 Å². The highest BCUT2D eigenvalue weighted by atomic mass is 19.1. The number of piperidine rings is 1. The summed E-state index contributed by atoms with van der Waals surface area (Å²) in [7, 11) is 2.14. The van der Waals surface area contributed by atoms with Crippen molar-refractivity contribution in [1.29, 1.82) is 0 Å². The van der Waals surface area contributed by atoms with Gasteiger partial charge in [0, 0.05) is 26.2 Å². The lowest BCUT2D eigenvalue weighted by Crippen LogP contribution is -2.56. The van der Waals surface area contributed by atoms with Gasteiger partial charge in [0.25, 0.3) is 0 Å². The summed E-state index contributed by atoms with van der Waals surface area (Å²) in [6.45, 7) is 4.22. The molecule has 0 unspecified atom stereocenters. The van der Waals surface area contributed by atoms with Gasteiger partial charge in [0.2, 0.25) is 0 Å². The molecule has 0 atom stereocenters. The average molecular weight is 316 g/mol. The van der Waals surface area contributed by atoms with Crippen LogP contribution in [0.2, 0.25) is 0 Å². The van der Waals surface area contributed by atoms with Gasteiger partial charge in [-0.1, -0.05) is 6.07 Å². The number of rotatable bonds is 1. The number of fused-ring (bicyclic) bond motifs is 1. The minimum atomic E-state index is -0.262. The molecule has 0 amide bonds. The first-order chi connectivity index (χ1) is 11.2. The van der Waals surface area contributed by atoms with E-state index in [4.69, 9.17) is 4.74 Å². The SMILES string of the molecule is CN1CCC2(CC1)CN(c1ncnc3cccc(F)c13)CCO2. The number of halogens is 1. The largest absolute Gasteiger partial charge is 0.371 e. The standard InChI is InChI=1S/C17H21FN4O/c1-21-7-5-17(6-8-21)11-22(9-10-23-17)16-15-13(18)3-2-4-14(15)19-12-20-16/h2-4,12H,5-11H2,1H3. The summed E-state index contributed by atoms with van der Waals surface area (Å²) >= 11 is 0. The van der Waals surface area contributed by atoms with Crippen molar-refractivity contribution in [2.75, 3.05) is 44.7 Å². The third-order valence-electron chi connectivity index (χ3n) is 5.04. The van der Waals surface area contributed by atoms with Crippen LogP contribution in [0.3, 0.4) is 0 Å². The zero-order valence-corrected chi connectivity index (χ0v) is 13.3. The van der Waals surface area contributed by atoms with Crippen LogP contribution in [0.5, 0.6) is 0 Å². The summed E-state index contributed by atoms with van der Waals surface area (Å²) in [4.78, 5) is 13.1. The Morgan fingerprint density at radius 3 is 2.83 bits per heavy atom. The van der Waals surface area contributed by atoms with Crippen LogP contribution < -0.4 is 4.90 Å². The molecule has 2 fully saturated rings. The van der Waals surface area contributed by atoms with E-state index < -0.39 is 0 Å². The van der Waals surface area contributed by atoms with Gasteiger partial charge in [-0.15, -0.1) is 0 Å². The van der Waals surface area contributed by atoms with Crippen LogP contribution in [0, 0.1) is 5.82 Å². The first-order valence-corrected chi connectivity index (χ1v) is 8.14. The van der Waals surface area contributed by atoms with Crippen LogP contribution in [-0.2, 0) is 4.74 Å². The van der Waals surface area contributed by atoms with Gasteiger partial charge in [-0.25, -0.2) is 14.4 Å². The highest BCUT2D eigenvalue weighted by Gasteiger charge is 2.39. The Labute approximate surface area is 135 Å². The molecule has 2 saturated heterocycles. The molecular weight excluding hydrogens is 295 g/mol. The molecule has 0 bridgehead atoms. The lowest BCUT2D eigenvalue weighted by molar-refractivity contribution is -0.0884. The molecule has 5 nitrogen and oxygen atoms in total. The Bertz CT molecular complexity index is 710. The monoisotopic (exact) mass is 316 g/mol. The van der Waals surface area contributed by atoms with Crippen molar-refractivity contribution >= 4 is 16.7 Å². The Kier molecular flexibility index (Phi) is 3.66. The highest BCUT2D eigenvalue weighted by molar-refractivity contribution is 5.89. The molecule has 3 heterocycles. The minimum absolute atomic E-state index is 0.132. The molecule has 0 radical (unpaired) electrons. The van der Waals surface area contributed by atoms with E-state index in [1.54, 1.807) is 6.07 Å². The maximum Gasteiger partial charge on any atom is 0.143 e. The van der Waals surface area contributed by atoms with Gasteiger partial charge in [0.15, 0.2) is 0 Å². The predicted octanol–water partition coefficient (Wildman–Crippen LogP) is 2.07. The number of morpholine rings is 1. The number of anilines is 1. The number of likely N-dealkylation sites (tertiary alicyclic amines) is 1. The summed E-state index contributed by atoms with van der Waals surface area (Å²) in [5, 5.41) is 0.514. The molecule has 1 aromatic heterocycles. The Morgan fingerprint density at radius 2 is 2.00 bits per heavy atom. The summed E-state index contributed by atoms with van der Waals surface area (Å²) < 4.78 is 20.5. The number of benzene rings is 1. The van der Waals surface area contributed by atoms with E-state index in [0.717, 1.165) is 39.0 Å². The maximum absolute atomic E-state index is 14.3. The van der Waals surface area contributed by atoms with Gasteiger partial charge < -0.3 is 14.5 Å². The van der Waals surface area contributed by atoms with Gasteiger partial charge >= 0.3 is 0 Å². The zero-order chi connectivity index (χ0) is 15.9. The quantitative estimate of drug-likeness (QED) is 0.806. The third-order valence-corrected chi connectivity index (χ3v) is 5.04. The Morgan fingerprint density at radius 1 is 1.17 bits per heavy atom. The lowest BCUT2D eigenvalue weighted by atomic mass is 9.89. The van der Waals surface area contributed by atoms with E-state index in [2.05, 4.69) is 26.8 Å². The molecular formula is C17H21FN4O. The lowest BCUT2D eigenvalue weighted by Gasteiger charge is -2.47. The normalized spacial score (nSPS) is 21.9. The van der Waals surface area contributed by atoms with E-state index >= 15 is 0 Å². The first kappa shape index (κ1) is 14.8. The van der Waals surface area contributed by atoms with Crippen molar-refractivity contribution in [3.8, 4) is 0 Å².